The molecule has 0 unspecified atom stereocenters. The van der Waals surface area contributed by atoms with Gasteiger partial charge < -0.3 is 19.9 Å². The average molecular weight is 430 g/mol. The monoisotopic (exact) mass is 429 g/mol. The van der Waals surface area contributed by atoms with Gasteiger partial charge in [-0.2, -0.15) is 0 Å². The number of halogens is 1. The summed E-state index contributed by atoms with van der Waals surface area (Å²) in [5.74, 6) is 0.632. The van der Waals surface area contributed by atoms with Gasteiger partial charge in [-0.25, -0.2) is 0 Å². The minimum atomic E-state index is -0.247. The molecule has 2 amide bonds. The van der Waals surface area contributed by atoms with Crippen LogP contribution < -0.4 is 15.0 Å². The summed E-state index contributed by atoms with van der Waals surface area (Å²) in [5, 5.41) is 3.38. The number of rotatable bonds is 7. The van der Waals surface area contributed by atoms with E-state index in [1.165, 1.54) is 0 Å². The van der Waals surface area contributed by atoms with E-state index in [-0.39, 0.29) is 18.4 Å². The predicted molar refractivity (Wildman–Crippen MR) is 120 cm³/mol. The number of nitrogens with zero attached hydrogens (tertiary/aromatic N) is 2. The molecule has 1 N–H and O–H groups in total. The van der Waals surface area contributed by atoms with Gasteiger partial charge in [0, 0.05) is 38.3 Å². The minimum Gasteiger partial charge on any atom is -0.484 e. The summed E-state index contributed by atoms with van der Waals surface area (Å²) in [6, 6.07) is 13.1. The first kappa shape index (κ1) is 22.0. The summed E-state index contributed by atoms with van der Waals surface area (Å²) in [4.78, 5) is 28.3. The molecule has 30 heavy (non-hydrogen) atoms. The van der Waals surface area contributed by atoms with E-state index in [0.717, 1.165) is 30.8 Å². The van der Waals surface area contributed by atoms with E-state index in [1.807, 2.05) is 55.1 Å². The lowest BCUT2D eigenvalue weighted by molar-refractivity contribution is -0.131. The summed E-state index contributed by atoms with van der Waals surface area (Å²) in [7, 11) is 0. The van der Waals surface area contributed by atoms with Crippen LogP contribution in [0.2, 0.25) is 5.02 Å². The number of hydrogen-bond acceptors (Lipinski definition) is 4. The Morgan fingerprint density at radius 1 is 1.10 bits per heavy atom. The number of carbonyl (C=O) groups excluding carboxylic acids is 2. The van der Waals surface area contributed by atoms with Crippen LogP contribution in [0.4, 0.5) is 11.4 Å². The van der Waals surface area contributed by atoms with Crippen LogP contribution in [0.15, 0.2) is 42.5 Å². The Hall–Kier alpha value is -2.73. The van der Waals surface area contributed by atoms with Crippen molar-refractivity contribution in [1.82, 2.24) is 4.90 Å². The van der Waals surface area contributed by atoms with Crippen molar-refractivity contribution in [2.24, 2.45) is 0 Å². The zero-order valence-corrected chi connectivity index (χ0v) is 18.2. The maximum absolute atomic E-state index is 12.2. The smallest absolute Gasteiger partial charge is 0.262 e. The molecular formula is C23H28ClN3O3. The molecule has 2 aromatic rings. The van der Waals surface area contributed by atoms with Crippen LogP contribution in [0.1, 0.15) is 25.3 Å². The highest BCUT2D eigenvalue weighted by atomic mass is 35.5. The van der Waals surface area contributed by atoms with Gasteiger partial charge in [-0.05, 0) is 49.2 Å². The number of piperazine rings is 1. The third kappa shape index (κ3) is 5.89. The molecule has 3 rings (SSSR count). The van der Waals surface area contributed by atoms with Crippen molar-refractivity contribution in [3.8, 4) is 5.75 Å². The molecule has 0 aliphatic carbocycles. The van der Waals surface area contributed by atoms with Crippen LogP contribution in [-0.4, -0.2) is 49.5 Å². The highest BCUT2D eigenvalue weighted by molar-refractivity contribution is 6.33. The molecule has 0 bridgehead atoms. The first-order valence-electron chi connectivity index (χ1n) is 10.3. The van der Waals surface area contributed by atoms with Gasteiger partial charge in [0.05, 0.1) is 10.7 Å². The van der Waals surface area contributed by atoms with E-state index in [9.17, 15) is 9.59 Å². The van der Waals surface area contributed by atoms with Gasteiger partial charge in [0.2, 0.25) is 5.91 Å². The molecule has 7 heteroatoms. The van der Waals surface area contributed by atoms with Crippen LogP contribution in [0.5, 0.6) is 5.75 Å². The third-order valence-corrected chi connectivity index (χ3v) is 5.33. The van der Waals surface area contributed by atoms with Crippen molar-refractivity contribution in [2.75, 3.05) is 43.0 Å². The fraction of sp³-hybridized carbons (Fsp3) is 0.391. The van der Waals surface area contributed by atoms with Gasteiger partial charge in [-0.1, -0.05) is 30.7 Å². The van der Waals surface area contributed by atoms with E-state index in [1.54, 1.807) is 6.07 Å². The van der Waals surface area contributed by atoms with Crippen LogP contribution in [0, 0.1) is 6.92 Å². The first-order chi connectivity index (χ1) is 14.5. The molecule has 1 aliphatic heterocycles. The fourth-order valence-corrected chi connectivity index (χ4v) is 3.76. The summed E-state index contributed by atoms with van der Waals surface area (Å²) < 4.78 is 5.53. The number of nitrogens with one attached hydrogen (secondary N) is 1. The molecule has 1 saturated heterocycles. The maximum atomic E-state index is 12.2. The molecule has 1 aliphatic rings. The van der Waals surface area contributed by atoms with Gasteiger partial charge in [-0.15, -0.1) is 0 Å². The normalized spacial score (nSPS) is 13.8. The minimum absolute atomic E-state index is 0.0728. The summed E-state index contributed by atoms with van der Waals surface area (Å²) in [6.07, 6.45) is 1.47. The zero-order valence-electron chi connectivity index (χ0n) is 17.5. The number of ether oxygens (including phenoxy) is 1. The van der Waals surface area contributed by atoms with E-state index < -0.39 is 0 Å². The standard InChI is InChI=1S/C23H28ClN3O3/c1-3-5-23(29)27-12-10-26(11-13-27)21-9-8-18(15-20(21)24)25-22(28)16-30-19-7-4-6-17(2)14-19/h4,6-9,14-15H,3,5,10-13,16H2,1-2H3,(H,25,28). The van der Waals surface area contributed by atoms with Crippen molar-refractivity contribution >= 4 is 34.8 Å². The topological polar surface area (TPSA) is 61.9 Å². The predicted octanol–water partition coefficient (Wildman–Crippen LogP) is 4.11. The number of anilines is 2. The lowest BCUT2D eigenvalue weighted by Crippen LogP contribution is -2.48. The van der Waals surface area contributed by atoms with Crippen molar-refractivity contribution in [3.63, 3.8) is 0 Å². The molecule has 1 heterocycles. The van der Waals surface area contributed by atoms with Crippen molar-refractivity contribution < 1.29 is 14.3 Å². The van der Waals surface area contributed by atoms with Crippen molar-refractivity contribution in [1.29, 1.82) is 0 Å². The molecule has 0 atom stereocenters. The van der Waals surface area contributed by atoms with Crippen LogP contribution in [-0.2, 0) is 9.59 Å². The quantitative estimate of drug-likeness (QED) is 0.719. The Balaban J connectivity index is 1.52. The number of benzene rings is 2. The fourth-order valence-electron chi connectivity index (χ4n) is 3.46. The first-order valence-corrected chi connectivity index (χ1v) is 10.7. The van der Waals surface area contributed by atoms with Crippen molar-refractivity contribution in [3.05, 3.63) is 53.1 Å². The Bertz CT molecular complexity index is 895. The number of amides is 2. The van der Waals surface area contributed by atoms with Gasteiger partial charge in [0.1, 0.15) is 5.75 Å². The highest BCUT2D eigenvalue weighted by Crippen LogP contribution is 2.29. The molecular weight excluding hydrogens is 402 g/mol. The molecule has 0 spiro atoms. The maximum Gasteiger partial charge on any atom is 0.262 e. The second kappa shape index (κ2) is 10.3. The lowest BCUT2D eigenvalue weighted by Gasteiger charge is -2.36. The van der Waals surface area contributed by atoms with Gasteiger partial charge in [-0.3, -0.25) is 9.59 Å². The molecule has 0 saturated carbocycles. The SMILES string of the molecule is CCCC(=O)N1CCN(c2ccc(NC(=O)COc3cccc(C)c3)cc2Cl)CC1. The number of hydrogen-bond donors (Lipinski definition) is 1. The van der Waals surface area contributed by atoms with Crippen LogP contribution >= 0.6 is 11.6 Å². The molecule has 0 aromatic heterocycles. The van der Waals surface area contributed by atoms with Crippen molar-refractivity contribution in [2.45, 2.75) is 26.7 Å². The van der Waals surface area contributed by atoms with Gasteiger partial charge in [0.25, 0.3) is 5.91 Å². The largest absolute Gasteiger partial charge is 0.484 e. The Morgan fingerprint density at radius 2 is 1.87 bits per heavy atom. The zero-order chi connectivity index (χ0) is 21.5. The molecule has 1 fully saturated rings. The Kier molecular flexibility index (Phi) is 7.57. The third-order valence-electron chi connectivity index (χ3n) is 5.03. The van der Waals surface area contributed by atoms with Crippen LogP contribution in [0.25, 0.3) is 0 Å². The van der Waals surface area contributed by atoms with Gasteiger partial charge in [0.15, 0.2) is 6.61 Å². The lowest BCUT2D eigenvalue weighted by atomic mass is 10.2. The molecule has 160 valence electrons. The Labute approximate surface area is 182 Å². The molecule has 0 radical (unpaired) electrons. The number of aryl methyl sites for hydroxylation is 1. The Morgan fingerprint density at radius 3 is 2.53 bits per heavy atom. The summed E-state index contributed by atoms with van der Waals surface area (Å²) >= 11 is 6.48. The number of carbonyl (C=O) groups is 2. The van der Waals surface area contributed by atoms with E-state index in [4.69, 9.17) is 16.3 Å². The van der Waals surface area contributed by atoms with Crippen LogP contribution in [0.3, 0.4) is 0 Å². The van der Waals surface area contributed by atoms with E-state index >= 15 is 0 Å². The second-order valence-corrected chi connectivity index (χ2v) is 7.84. The van der Waals surface area contributed by atoms with E-state index in [0.29, 0.717) is 36.0 Å². The molecule has 6 nitrogen and oxygen atoms in total. The highest BCUT2D eigenvalue weighted by Gasteiger charge is 2.22. The van der Waals surface area contributed by atoms with Gasteiger partial charge >= 0.3 is 0 Å². The average Bonchev–Trinajstić information content (AvgIpc) is 2.73. The second-order valence-electron chi connectivity index (χ2n) is 7.44. The summed E-state index contributed by atoms with van der Waals surface area (Å²) in [6.45, 7) is 6.79. The summed E-state index contributed by atoms with van der Waals surface area (Å²) in [5.41, 5.74) is 2.61. The molecule has 2 aromatic carbocycles. The van der Waals surface area contributed by atoms with E-state index in [2.05, 4.69) is 10.2 Å².